The van der Waals surface area contributed by atoms with Gasteiger partial charge in [-0.15, -0.1) is 0 Å². The van der Waals surface area contributed by atoms with E-state index < -0.39 is 6.10 Å². The average molecular weight is 276 g/mol. The molecule has 0 bridgehead atoms. The van der Waals surface area contributed by atoms with Crippen LogP contribution < -0.4 is 0 Å². The van der Waals surface area contributed by atoms with E-state index in [1.807, 2.05) is 12.1 Å². The van der Waals surface area contributed by atoms with Gasteiger partial charge in [0.2, 0.25) is 0 Å². The molecule has 0 radical (unpaired) electrons. The molecule has 1 aliphatic rings. The number of ether oxygens (including phenoxy) is 1. The van der Waals surface area contributed by atoms with Gasteiger partial charge in [0.25, 0.3) is 0 Å². The van der Waals surface area contributed by atoms with Gasteiger partial charge in [-0.25, -0.2) is 0 Å². The summed E-state index contributed by atoms with van der Waals surface area (Å²) in [5, 5.41) is 9.54. The first-order valence-corrected chi connectivity index (χ1v) is 5.76. The molecule has 1 saturated heterocycles. The summed E-state index contributed by atoms with van der Waals surface area (Å²) in [5.74, 6) is 0.899. The average Bonchev–Trinajstić information content (AvgIpc) is 2.46. The minimum atomic E-state index is -0.397. The summed E-state index contributed by atoms with van der Waals surface area (Å²) in [6, 6.07) is 3.81. The number of rotatable bonds is 2. The van der Waals surface area contributed by atoms with Crippen molar-refractivity contribution < 1.29 is 14.3 Å². The van der Waals surface area contributed by atoms with E-state index in [2.05, 4.69) is 20.8 Å². The molecule has 1 atom stereocenters. The van der Waals surface area contributed by atoms with Gasteiger partial charge in [-0.2, -0.15) is 0 Å². The molecule has 1 aliphatic heterocycles. The second-order valence-electron chi connectivity index (χ2n) is 3.67. The largest absolute Gasteiger partial charge is 0.453 e. The molecule has 0 spiro atoms. The maximum atomic E-state index is 9.54. The molecule has 1 aromatic rings. The lowest BCUT2D eigenvalue weighted by Crippen LogP contribution is -2.32. The van der Waals surface area contributed by atoms with Crippen LogP contribution in [0.5, 0.6) is 0 Å². The zero-order chi connectivity index (χ0) is 10.7. The first kappa shape index (κ1) is 11.1. The van der Waals surface area contributed by atoms with Crippen molar-refractivity contribution >= 4 is 15.9 Å². The second-order valence-corrected chi connectivity index (χ2v) is 4.45. The van der Waals surface area contributed by atoms with Gasteiger partial charge in [-0.05, 0) is 28.1 Å². The van der Waals surface area contributed by atoms with Gasteiger partial charge in [-0.1, -0.05) is 0 Å². The van der Waals surface area contributed by atoms with Gasteiger partial charge in [0.15, 0.2) is 4.67 Å². The predicted octanol–water partition coefficient (Wildman–Crippen LogP) is 1.24. The summed E-state index contributed by atoms with van der Waals surface area (Å²) in [4.78, 5) is 2.13. The molecule has 2 heterocycles. The monoisotopic (exact) mass is 275 g/mol. The van der Waals surface area contributed by atoms with Crippen molar-refractivity contribution in [3.8, 4) is 0 Å². The Bertz CT molecular complexity index is 315. The van der Waals surface area contributed by atoms with Gasteiger partial charge in [0, 0.05) is 13.1 Å². The topological polar surface area (TPSA) is 45.8 Å². The van der Waals surface area contributed by atoms with Crippen molar-refractivity contribution in [2.45, 2.75) is 12.6 Å². The number of hydrogen-bond donors (Lipinski definition) is 1. The Hall–Kier alpha value is -0.360. The lowest BCUT2D eigenvalue weighted by Gasteiger charge is -2.19. The Kier molecular flexibility index (Phi) is 3.80. The van der Waals surface area contributed by atoms with Crippen molar-refractivity contribution in [2.75, 3.05) is 26.3 Å². The summed E-state index contributed by atoms with van der Waals surface area (Å²) in [6.07, 6.45) is -0.397. The highest BCUT2D eigenvalue weighted by Gasteiger charge is 2.17. The molecule has 1 unspecified atom stereocenters. The number of β-amino-alcohol motifs (C(OH)–C–C–N with tert-alkyl or cyclic N) is 1. The fourth-order valence-electron chi connectivity index (χ4n) is 1.66. The highest BCUT2D eigenvalue weighted by molar-refractivity contribution is 9.10. The highest BCUT2D eigenvalue weighted by atomic mass is 79.9. The van der Waals surface area contributed by atoms with Crippen LogP contribution in [0.2, 0.25) is 0 Å². The van der Waals surface area contributed by atoms with Crippen molar-refractivity contribution in [2.24, 2.45) is 0 Å². The summed E-state index contributed by atoms with van der Waals surface area (Å²) >= 11 is 3.26. The van der Waals surface area contributed by atoms with Gasteiger partial charge < -0.3 is 14.3 Å². The van der Waals surface area contributed by atoms with Crippen molar-refractivity contribution in [1.29, 1.82) is 0 Å². The Labute approximate surface area is 96.9 Å². The predicted molar refractivity (Wildman–Crippen MR) is 58.5 cm³/mol. The van der Waals surface area contributed by atoms with Crippen LogP contribution >= 0.6 is 15.9 Å². The standard InChI is InChI=1S/C10H14BrNO3/c11-10-2-1-9(15-10)6-12-3-4-14-7-8(13)5-12/h1-2,8,13H,3-7H2. The molecule has 0 aromatic carbocycles. The Morgan fingerprint density at radius 1 is 1.53 bits per heavy atom. The normalized spacial score (nSPS) is 24.0. The molecule has 15 heavy (non-hydrogen) atoms. The number of aliphatic hydroxyl groups is 1. The van der Waals surface area contributed by atoms with Crippen molar-refractivity contribution in [3.05, 3.63) is 22.6 Å². The van der Waals surface area contributed by atoms with Crippen LogP contribution in [0.15, 0.2) is 21.2 Å². The third-order valence-corrected chi connectivity index (χ3v) is 2.77. The van der Waals surface area contributed by atoms with Crippen LogP contribution in [-0.4, -0.2) is 42.4 Å². The zero-order valence-corrected chi connectivity index (χ0v) is 9.94. The molecular formula is C10H14BrNO3. The molecule has 0 saturated carbocycles. The Morgan fingerprint density at radius 2 is 2.40 bits per heavy atom. The maximum Gasteiger partial charge on any atom is 0.169 e. The summed E-state index contributed by atoms with van der Waals surface area (Å²) < 4.78 is 11.4. The van der Waals surface area contributed by atoms with Crippen molar-refractivity contribution in [1.82, 2.24) is 4.90 Å². The van der Waals surface area contributed by atoms with E-state index in [1.165, 1.54) is 0 Å². The Morgan fingerprint density at radius 3 is 3.13 bits per heavy atom. The molecule has 0 amide bonds. The smallest absolute Gasteiger partial charge is 0.169 e. The number of aliphatic hydroxyl groups excluding tert-OH is 1. The minimum absolute atomic E-state index is 0.397. The van der Waals surface area contributed by atoms with E-state index in [-0.39, 0.29) is 0 Å². The van der Waals surface area contributed by atoms with E-state index in [1.54, 1.807) is 0 Å². The molecule has 2 rings (SSSR count). The highest BCUT2D eigenvalue weighted by Crippen LogP contribution is 2.16. The summed E-state index contributed by atoms with van der Waals surface area (Å²) in [7, 11) is 0. The number of furan rings is 1. The van der Waals surface area contributed by atoms with E-state index in [0.29, 0.717) is 26.3 Å². The van der Waals surface area contributed by atoms with Crippen LogP contribution in [0, 0.1) is 0 Å². The lowest BCUT2D eigenvalue weighted by atomic mass is 10.3. The molecule has 0 aliphatic carbocycles. The maximum absolute atomic E-state index is 9.54. The fraction of sp³-hybridized carbons (Fsp3) is 0.600. The van der Waals surface area contributed by atoms with Gasteiger partial charge in [-0.3, -0.25) is 4.90 Å². The molecule has 5 heteroatoms. The lowest BCUT2D eigenvalue weighted by molar-refractivity contribution is 0.0559. The van der Waals surface area contributed by atoms with E-state index >= 15 is 0 Å². The Balaban J connectivity index is 1.92. The molecule has 1 fully saturated rings. The number of halogens is 1. The van der Waals surface area contributed by atoms with Gasteiger partial charge in [0.05, 0.1) is 25.9 Å². The SMILES string of the molecule is OC1COCCN(Cc2ccc(Br)o2)C1. The fourth-order valence-corrected chi connectivity index (χ4v) is 2.00. The minimum Gasteiger partial charge on any atom is -0.453 e. The molecule has 4 nitrogen and oxygen atoms in total. The van der Waals surface area contributed by atoms with E-state index in [9.17, 15) is 5.11 Å². The first-order chi connectivity index (χ1) is 7.24. The molecule has 1 N–H and O–H groups in total. The van der Waals surface area contributed by atoms with E-state index in [0.717, 1.165) is 17.0 Å². The van der Waals surface area contributed by atoms with Crippen LogP contribution in [0.3, 0.4) is 0 Å². The van der Waals surface area contributed by atoms with Crippen molar-refractivity contribution in [3.63, 3.8) is 0 Å². The molecule has 84 valence electrons. The summed E-state index contributed by atoms with van der Waals surface area (Å²) in [6.45, 7) is 3.27. The third-order valence-electron chi connectivity index (χ3n) is 2.34. The molecule has 1 aromatic heterocycles. The summed E-state index contributed by atoms with van der Waals surface area (Å²) in [5.41, 5.74) is 0. The zero-order valence-electron chi connectivity index (χ0n) is 8.36. The second kappa shape index (κ2) is 5.12. The van der Waals surface area contributed by atoms with E-state index in [4.69, 9.17) is 9.15 Å². The quantitative estimate of drug-likeness (QED) is 0.882. The number of hydrogen-bond acceptors (Lipinski definition) is 4. The van der Waals surface area contributed by atoms with Gasteiger partial charge in [0.1, 0.15) is 5.76 Å². The molecular weight excluding hydrogens is 262 g/mol. The van der Waals surface area contributed by atoms with Crippen LogP contribution in [-0.2, 0) is 11.3 Å². The third kappa shape index (κ3) is 3.31. The van der Waals surface area contributed by atoms with Gasteiger partial charge >= 0.3 is 0 Å². The van der Waals surface area contributed by atoms with Crippen LogP contribution in [0.4, 0.5) is 0 Å². The van der Waals surface area contributed by atoms with Crippen LogP contribution in [0.1, 0.15) is 5.76 Å². The number of nitrogens with zero attached hydrogens (tertiary/aromatic N) is 1. The first-order valence-electron chi connectivity index (χ1n) is 4.96. The van der Waals surface area contributed by atoms with Crippen LogP contribution in [0.25, 0.3) is 0 Å².